The van der Waals surface area contributed by atoms with E-state index in [0.29, 0.717) is 0 Å². The van der Waals surface area contributed by atoms with E-state index in [1.54, 1.807) is 6.92 Å². The molecule has 1 amide bonds. The highest BCUT2D eigenvalue weighted by Crippen LogP contribution is 2.36. The van der Waals surface area contributed by atoms with Crippen LogP contribution in [0.4, 0.5) is 18.9 Å². The fourth-order valence-electron chi connectivity index (χ4n) is 1.60. The van der Waals surface area contributed by atoms with E-state index in [4.69, 9.17) is 16.3 Å². The molecule has 1 aromatic rings. The van der Waals surface area contributed by atoms with Crippen LogP contribution >= 0.6 is 11.6 Å². The van der Waals surface area contributed by atoms with E-state index in [1.165, 1.54) is 25.1 Å². The summed E-state index contributed by atoms with van der Waals surface area (Å²) in [5, 5.41) is -0.947. The molecule has 0 radical (unpaired) electrons. The van der Waals surface area contributed by atoms with E-state index in [2.05, 4.69) is 0 Å². The topological polar surface area (TPSA) is 29.5 Å². The standard InChI is InChI=1S/C13H15ClF3NO2/c1-3-20-8-18(12(19)9(2)14)11-7-5-4-6-10(11)13(15,16)17/h4-7,9H,3,8H2,1-2H3. The summed E-state index contributed by atoms with van der Waals surface area (Å²) < 4.78 is 44.0. The van der Waals surface area contributed by atoms with Crippen molar-refractivity contribution in [2.45, 2.75) is 25.4 Å². The van der Waals surface area contributed by atoms with Gasteiger partial charge in [-0.2, -0.15) is 13.2 Å². The summed E-state index contributed by atoms with van der Waals surface area (Å²) in [7, 11) is 0. The van der Waals surface area contributed by atoms with Crippen LogP contribution in [0.2, 0.25) is 0 Å². The molecule has 20 heavy (non-hydrogen) atoms. The number of nitrogens with zero attached hydrogens (tertiary/aromatic N) is 1. The maximum absolute atomic E-state index is 13.0. The van der Waals surface area contributed by atoms with Gasteiger partial charge >= 0.3 is 6.18 Å². The van der Waals surface area contributed by atoms with Crippen LogP contribution in [0.1, 0.15) is 19.4 Å². The fourth-order valence-corrected chi connectivity index (χ4v) is 1.72. The molecule has 0 bridgehead atoms. The molecule has 3 nitrogen and oxygen atoms in total. The van der Waals surface area contributed by atoms with E-state index in [0.717, 1.165) is 11.0 Å². The minimum Gasteiger partial charge on any atom is -0.361 e. The maximum Gasteiger partial charge on any atom is 0.418 e. The Labute approximate surface area is 120 Å². The molecule has 0 saturated carbocycles. The molecule has 0 spiro atoms. The van der Waals surface area contributed by atoms with E-state index in [9.17, 15) is 18.0 Å². The first-order valence-electron chi connectivity index (χ1n) is 5.98. The molecule has 0 aromatic heterocycles. The van der Waals surface area contributed by atoms with Crippen LogP contribution in [0.5, 0.6) is 0 Å². The zero-order valence-corrected chi connectivity index (χ0v) is 11.8. The van der Waals surface area contributed by atoms with Gasteiger partial charge in [0, 0.05) is 6.61 Å². The third kappa shape index (κ3) is 4.11. The summed E-state index contributed by atoms with van der Waals surface area (Å²) in [5.41, 5.74) is -1.16. The van der Waals surface area contributed by atoms with Gasteiger partial charge in [-0.1, -0.05) is 12.1 Å². The van der Waals surface area contributed by atoms with Gasteiger partial charge in [0.2, 0.25) is 5.91 Å². The van der Waals surface area contributed by atoms with Crippen molar-refractivity contribution in [1.82, 2.24) is 0 Å². The predicted octanol–water partition coefficient (Wildman–Crippen LogP) is 3.66. The lowest BCUT2D eigenvalue weighted by Gasteiger charge is -2.26. The smallest absolute Gasteiger partial charge is 0.361 e. The van der Waals surface area contributed by atoms with Crippen molar-refractivity contribution in [2.24, 2.45) is 0 Å². The first-order chi connectivity index (χ1) is 9.29. The molecule has 1 rings (SSSR count). The van der Waals surface area contributed by atoms with Gasteiger partial charge in [-0.3, -0.25) is 9.69 Å². The second-order valence-corrected chi connectivity index (χ2v) is 4.67. The van der Waals surface area contributed by atoms with Crippen molar-refractivity contribution in [3.63, 3.8) is 0 Å². The minimum atomic E-state index is -4.56. The number of carbonyl (C=O) groups excluding carboxylic acids is 1. The van der Waals surface area contributed by atoms with Crippen LogP contribution in [0.3, 0.4) is 0 Å². The quantitative estimate of drug-likeness (QED) is 0.613. The van der Waals surface area contributed by atoms with Crippen LogP contribution in [-0.4, -0.2) is 24.6 Å². The monoisotopic (exact) mass is 309 g/mol. The number of para-hydroxylation sites is 1. The van der Waals surface area contributed by atoms with E-state index < -0.39 is 23.0 Å². The zero-order valence-electron chi connectivity index (χ0n) is 11.1. The van der Waals surface area contributed by atoms with Gasteiger partial charge in [-0.15, -0.1) is 11.6 Å². The SMILES string of the molecule is CCOCN(C(=O)C(C)Cl)c1ccccc1C(F)(F)F. The van der Waals surface area contributed by atoms with Crippen molar-refractivity contribution < 1.29 is 22.7 Å². The van der Waals surface area contributed by atoms with Crippen molar-refractivity contribution in [3.05, 3.63) is 29.8 Å². The summed E-state index contributed by atoms with van der Waals surface area (Å²) >= 11 is 5.69. The van der Waals surface area contributed by atoms with Crippen LogP contribution in [-0.2, 0) is 15.7 Å². The second-order valence-electron chi connectivity index (χ2n) is 4.02. The van der Waals surface area contributed by atoms with Crippen molar-refractivity contribution in [3.8, 4) is 0 Å². The molecule has 1 aromatic carbocycles. The molecule has 1 unspecified atom stereocenters. The first-order valence-corrected chi connectivity index (χ1v) is 6.42. The fraction of sp³-hybridized carbons (Fsp3) is 0.462. The third-order valence-corrected chi connectivity index (χ3v) is 2.72. The summed E-state index contributed by atoms with van der Waals surface area (Å²) in [6.07, 6.45) is -4.56. The number of hydrogen-bond donors (Lipinski definition) is 0. The Balaban J connectivity index is 3.23. The lowest BCUT2D eigenvalue weighted by atomic mass is 10.1. The van der Waals surface area contributed by atoms with Crippen LogP contribution in [0.25, 0.3) is 0 Å². The highest BCUT2D eigenvalue weighted by molar-refractivity contribution is 6.32. The molecule has 0 aliphatic heterocycles. The average molecular weight is 310 g/mol. The summed E-state index contributed by atoms with van der Waals surface area (Å²) in [4.78, 5) is 12.9. The van der Waals surface area contributed by atoms with E-state index in [-0.39, 0.29) is 19.0 Å². The molecule has 0 aliphatic carbocycles. The summed E-state index contributed by atoms with van der Waals surface area (Å²) in [6, 6.07) is 4.83. The normalized spacial score (nSPS) is 13.1. The number of anilines is 1. The number of alkyl halides is 4. The molecule has 7 heteroatoms. The number of halogens is 4. The number of amides is 1. The molecule has 1 atom stereocenters. The Bertz CT molecular complexity index is 463. The Kier molecular flexibility index (Phi) is 5.83. The highest BCUT2D eigenvalue weighted by atomic mass is 35.5. The van der Waals surface area contributed by atoms with Gasteiger partial charge < -0.3 is 4.74 Å². The van der Waals surface area contributed by atoms with Crippen LogP contribution < -0.4 is 4.90 Å². The van der Waals surface area contributed by atoms with Crippen LogP contribution in [0, 0.1) is 0 Å². The summed E-state index contributed by atoms with van der Waals surface area (Å²) in [6.45, 7) is 3.08. The number of ether oxygens (including phenoxy) is 1. The number of carbonyl (C=O) groups is 1. The lowest BCUT2D eigenvalue weighted by molar-refractivity contribution is -0.137. The Morgan fingerprint density at radius 1 is 1.40 bits per heavy atom. The highest BCUT2D eigenvalue weighted by Gasteiger charge is 2.36. The Morgan fingerprint density at radius 2 is 2.00 bits per heavy atom. The number of hydrogen-bond acceptors (Lipinski definition) is 2. The van der Waals surface area contributed by atoms with Gasteiger partial charge in [0.1, 0.15) is 12.1 Å². The molecule has 0 saturated heterocycles. The molecule has 0 aliphatic rings. The lowest BCUT2D eigenvalue weighted by Crippen LogP contribution is -2.38. The zero-order chi connectivity index (χ0) is 15.3. The van der Waals surface area contributed by atoms with Gasteiger partial charge in [0.25, 0.3) is 0 Å². The van der Waals surface area contributed by atoms with Gasteiger partial charge in [0.15, 0.2) is 0 Å². The van der Waals surface area contributed by atoms with Crippen molar-refractivity contribution >= 4 is 23.2 Å². The number of rotatable bonds is 5. The van der Waals surface area contributed by atoms with Gasteiger partial charge in [0.05, 0.1) is 11.3 Å². The largest absolute Gasteiger partial charge is 0.418 e. The van der Waals surface area contributed by atoms with E-state index in [1.807, 2.05) is 0 Å². The summed E-state index contributed by atoms with van der Waals surface area (Å²) in [5.74, 6) is -0.642. The van der Waals surface area contributed by atoms with Gasteiger partial charge in [-0.25, -0.2) is 0 Å². The number of benzene rings is 1. The molecule has 0 N–H and O–H groups in total. The van der Waals surface area contributed by atoms with Crippen molar-refractivity contribution in [1.29, 1.82) is 0 Å². The third-order valence-electron chi connectivity index (χ3n) is 2.53. The van der Waals surface area contributed by atoms with Crippen LogP contribution in [0.15, 0.2) is 24.3 Å². The second kappa shape index (κ2) is 6.95. The molecule has 112 valence electrons. The Hall–Kier alpha value is -1.27. The Morgan fingerprint density at radius 3 is 2.50 bits per heavy atom. The molecule has 0 fully saturated rings. The maximum atomic E-state index is 13.0. The molecular weight excluding hydrogens is 295 g/mol. The average Bonchev–Trinajstić information content (AvgIpc) is 2.38. The molecular formula is C13H15ClF3NO2. The van der Waals surface area contributed by atoms with Gasteiger partial charge in [-0.05, 0) is 26.0 Å². The minimum absolute atomic E-state index is 0.258. The van der Waals surface area contributed by atoms with Crippen molar-refractivity contribution in [2.75, 3.05) is 18.2 Å². The molecule has 0 heterocycles. The predicted molar refractivity (Wildman–Crippen MR) is 70.7 cm³/mol. The van der Waals surface area contributed by atoms with E-state index >= 15 is 0 Å². The first kappa shape index (κ1) is 16.8.